The Hall–Kier alpha value is -1.60. The second-order valence-electron chi connectivity index (χ2n) is 5.87. The Morgan fingerprint density at radius 2 is 2.10 bits per heavy atom. The molecule has 0 heterocycles. The van der Waals surface area contributed by atoms with Gasteiger partial charge in [0.05, 0.1) is 11.0 Å². The van der Waals surface area contributed by atoms with Gasteiger partial charge in [0.2, 0.25) is 5.82 Å². The molecule has 0 bridgehead atoms. The number of ether oxygens (including phenoxy) is 1. The van der Waals surface area contributed by atoms with E-state index < -0.39 is 22.2 Å². The van der Waals surface area contributed by atoms with Gasteiger partial charge in [-0.05, 0) is 6.42 Å². The van der Waals surface area contributed by atoms with E-state index in [1.807, 2.05) is 13.8 Å². The minimum absolute atomic E-state index is 0.0831. The molecule has 1 aliphatic rings. The van der Waals surface area contributed by atoms with E-state index in [2.05, 4.69) is 5.32 Å². The normalized spacial score (nSPS) is 23.7. The van der Waals surface area contributed by atoms with Crippen LogP contribution in [0.2, 0.25) is 0 Å². The monoisotopic (exact) mass is 300 g/mol. The van der Waals surface area contributed by atoms with Crippen LogP contribution in [0.15, 0.2) is 12.1 Å². The smallest absolute Gasteiger partial charge is 0.305 e. The quantitative estimate of drug-likeness (QED) is 0.671. The number of methoxy groups -OCH3 is 1. The lowest BCUT2D eigenvalue weighted by Gasteiger charge is -2.51. The molecular weight excluding hydrogens is 282 g/mol. The molecule has 21 heavy (non-hydrogen) atoms. The van der Waals surface area contributed by atoms with Crippen molar-refractivity contribution in [2.75, 3.05) is 7.11 Å². The van der Waals surface area contributed by atoms with Gasteiger partial charge in [-0.1, -0.05) is 13.8 Å². The van der Waals surface area contributed by atoms with Crippen LogP contribution in [0.5, 0.6) is 0 Å². The molecule has 5 nitrogen and oxygen atoms in total. The number of nitro groups is 1. The molecule has 1 aromatic carbocycles. The number of nitro benzene ring substituents is 1. The lowest BCUT2D eigenvalue weighted by Crippen LogP contribution is -2.60. The number of nitrogens with one attached hydrogen (secondary N) is 1. The highest BCUT2D eigenvalue weighted by Gasteiger charge is 2.48. The molecule has 1 aromatic rings. The standard InChI is InChI=1S/C14H18F2N2O3/c1-14(2)12(6-13(14)21-3)17-7-8-4-11(18(19)20)10(16)5-9(8)15/h4-5,12-13,17H,6-7H2,1-3H3. The lowest BCUT2D eigenvalue weighted by molar-refractivity contribution is -0.387. The maximum atomic E-state index is 13.7. The zero-order valence-electron chi connectivity index (χ0n) is 12.2. The van der Waals surface area contributed by atoms with E-state index in [1.165, 1.54) is 0 Å². The van der Waals surface area contributed by atoms with E-state index in [4.69, 9.17) is 4.74 Å². The summed E-state index contributed by atoms with van der Waals surface area (Å²) in [6.07, 6.45) is 0.913. The van der Waals surface area contributed by atoms with E-state index in [0.717, 1.165) is 12.5 Å². The van der Waals surface area contributed by atoms with E-state index in [1.54, 1.807) is 7.11 Å². The third-order valence-electron chi connectivity index (χ3n) is 4.31. The van der Waals surface area contributed by atoms with Crippen LogP contribution in [0, 0.1) is 27.2 Å². The Kier molecular flexibility index (Phi) is 4.25. The average Bonchev–Trinajstić information content (AvgIpc) is 2.39. The van der Waals surface area contributed by atoms with Gasteiger partial charge < -0.3 is 10.1 Å². The zero-order valence-corrected chi connectivity index (χ0v) is 12.2. The van der Waals surface area contributed by atoms with E-state index >= 15 is 0 Å². The van der Waals surface area contributed by atoms with Crippen molar-refractivity contribution in [1.29, 1.82) is 0 Å². The molecule has 1 N–H and O–H groups in total. The number of hydrogen-bond donors (Lipinski definition) is 1. The highest BCUT2D eigenvalue weighted by Crippen LogP contribution is 2.42. The van der Waals surface area contributed by atoms with Gasteiger partial charge in [-0.2, -0.15) is 4.39 Å². The minimum Gasteiger partial charge on any atom is -0.381 e. The van der Waals surface area contributed by atoms with Gasteiger partial charge >= 0.3 is 5.69 Å². The van der Waals surface area contributed by atoms with Crippen LogP contribution in [-0.2, 0) is 11.3 Å². The Balaban J connectivity index is 2.08. The summed E-state index contributed by atoms with van der Waals surface area (Å²) in [5.41, 5.74) is -0.729. The predicted octanol–water partition coefficient (Wildman–Crippen LogP) is 2.78. The average molecular weight is 300 g/mol. The molecule has 2 unspecified atom stereocenters. The minimum atomic E-state index is -1.16. The summed E-state index contributed by atoms with van der Waals surface area (Å²) < 4.78 is 32.3. The molecule has 0 aliphatic heterocycles. The van der Waals surface area contributed by atoms with Gasteiger partial charge in [0.1, 0.15) is 5.82 Å². The second-order valence-corrected chi connectivity index (χ2v) is 5.87. The molecule has 7 heteroatoms. The third-order valence-corrected chi connectivity index (χ3v) is 4.31. The molecule has 0 aromatic heterocycles. The van der Waals surface area contributed by atoms with Crippen molar-refractivity contribution in [3.8, 4) is 0 Å². The first-order valence-corrected chi connectivity index (χ1v) is 6.65. The van der Waals surface area contributed by atoms with Crippen LogP contribution in [0.4, 0.5) is 14.5 Å². The van der Waals surface area contributed by atoms with Crippen molar-refractivity contribution in [3.63, 3.8) is 0 Å². The molecule has 116 valence electrons. The van der Waals surface area contributed by atoms with Gasteiger partial charge in [-0.25, -0.2) is 4.39 Å². The largest absolute Gasteiger partial charge is 0.381 e. The van der Waals surface area contributed by atoms with Gasteiger partial charge in [0, 0.05) is 42.8 Å². The van der Waals surface area contributed by atoms with Crippen LogP contribution in [0.25, 0.3) is 0 Å². The van der Waals surface area contributed by atoms with Crippen molar-refractivity contribution in [2.45, 2.75) is 39.0 Å². The van der Waals surface area contributed by atoms with E-state index in [-0.39, 0.29) is 29.7 Å². The molecule has 2 atom stereocenters. The topological polar surface area (TPSA) is 64.4 Å². The lowest BCUT2D eigenvalue weighted by atomic mass is 9.64. The summed E-state index contributed by atoms with van der Waals surface area (Å²) in [5, 5.41) is 13.8. The Bertz CT molecular complexity index is 563. The molecule has 0 radical (unpaired) electrons. The van der Waals surface area contributed by atoms with Crippen LogP contribution >= 0.6 is 0 Å². The van der Waals surface area contributed by atoms with Crippen LogP contribution in [0.3, 0.4) is 0 Å². The number of halogens is 2. The van der Waals surface area contributed by atoms with Crippen LogP contribution in [-0.4, -0.2) is 24.2 Å². The summed E-state index contributed by atoms with van der Waals surface area (Å²) in [6, 6.07) is 1.61. The van der Waals surface area contributed by atoms with Gasteiger partial charge in [-0.3, -0.25) is 10.1 Å². The molecule has 1 aliphatic carbocycles. The first-order chi connectivity index (χ1) is 9.77. The van der Waals surface area contributed by atoms with Crippen molar-refractivity contribution >= 4 is 5.69 Å². The van der Waals surface area contributed by atoms with Crippen molar-refractivity contribution in [3.05, 3.63) is 39.4 Å². The highest BCUT2D eigenvalue weighted by atomic mass is 19.1. The molecule has 0 spiro atoms. The van der Waals surface area contributed by atoms with Gasteiger partial charge in [0.25, 0.3) is 0 Å². The molecule has 2 rings (SSSR count). The first kappa shape index (κ1) is 15.8. The summed E-state index contributed by atoms with van der Waals surface area (Å²) >= 11 is 0. The Morgan fingerprint density at radius 1 is 1.43 bits per heavy atom. The maximum absolute atomic E-state index is 13.7. The summed E-state index contributed by atoms with van der Waals surface area (Å²) in [5.74, 6) is -1.95. The Labute approximate surface area is 121 Å². The number of rotatable bonds is 5. The molecular formula is C14H18F2N2O3. The van der Waals surface area contributed by atoms with E-state index in [0.29, 0.717) is 6.07 Å². The zero-order chi connectivity index (χ0) is 15.8. The number of nitrogens with zero attached hydrogens (tertiary/aromatic N) is 1. The first-order valence-electron chi connectivity index (χ1n) is 6.65. The van der Waals surface area contributed by atoms with Crippen molar-refractivity contribution < 1.29 is 18.4 Å². The molecule has 0 amide bonds. The molecule has 1 saturated carbocycles. The third kappa shape index (κ3) is 2.89. The SMILES string of the molecule is COC1CC(NCc2cc([N+](=O)[O-])c(F)cc2F)C1(C)C. The molecule has 1 fully saturated rings. The molecule has 0 saturated heterocycles. The Morgan fingerprint density at radius 3 is 2.62 bits per heavy atom. The van der Waals surface area contributed by atoms with Crippen LogP contribution in [0.1, 0.15) is 25.8 Å². The fraction of sp³-hybridized carbons (Fsp3) is 0.571. The van der Waals surface area contributed by atoms with Crippen molar-refractivity contribution in [1.82, 2.24) is 5.32 Å². The second kappa shape index (κ2) is 5.65. The van der Waals surface area contributed by atoms with E-state index in [9.17, 15) is 18.9 Å². The predicted molar refractivity (Wildman–Crippen MR) is 72.8 cm³/mol. The number of hydrogen-bond acceptors (Lipinski definition) is 4. The van der Waals surface area contributed by atoms with Gasteiger partial charge in [-0.15, -0.1) is 0 Å². The number of benzene rings is 1. The van der Waals surface area contributed by atoms with Crippen molar-refractivity contribution in [2.24, 2.45) is 5.41 Å². The fourth-order valence-corrected chi connectivity index (χ4v) is 2.72. The summed E-state index contributed by atoms with van der Waals surface area (Å²) in [7, 11) is 1.64. The summed E-state index contributed by atoms with van der Waals surface area (Å²) in [4.78, 5) is 9.83. The maximum Gasteiger partial charge on any atom is 0.305 e. The van der Waals surface area contributed by atoms with Crippen LogP contribution < -0.4 is 5.32 Å². The van der Waals surface area contributed by atoms with Gasteiger partial charge in [0.15, 0.2) is 0 Å². The fourth-order valence-electron chi connectivity index (χ4n) is 2.72. The summed E-state index contributed by atoms with van der Waals surface area (Å²) in [6.45, 7) is 4.18. The highest BCUT2D eigenvalue weighted by molar-refractivity contribution is 5.37.